The Hall–Kier alpha value is -1.29. The molecule has 1 heterocycles. The van der Waals surface area contributed by atoms with Crippen molar-refractivity contribution >= 4 is 23.5 Å². The first-order valence-electron chi connectivity index (χ1n) is 4.17. The van der Waals surface area contributed by atoms with Gasteiger partial charge in [-0.2, -0.15) is 0 Å². The molecule has 0 aromatic heterocycles. The van der Waals surface area contributed by atoms with Gasteiger partial charge in [-0.25, -0.2) is 0 Å². The molecule has 72 valence electrons. The average Bonchev–Trinajstić information content (AvgIpc) is 2.18. The molecular weight excluding hydrogens is 200 g/mol. The predicted octanol–water partition coefficient (Wildman–Crippen LogP) is 0.341. The summed E-state index contributed by atoms with van der Waals surface area (Å²) < 4.78 is 0. The van der Waals surface area contributed by atoms with Gasteiger partial charge in [-0.1, -0.05) is 18.2 Å². The third kappa shape index (κ3) is 1.42. The standard InChI is InChI=1S/C10H8O3S/c11-9-6-3-1-2-4-8(6)14-5-7(9)10(12)13/h1-4,7H,5H2,(H,12,13)/p-1. The Balaban J connectivity index is 2.41. The summed E-state index contributed by atoms with van der Waals surface area (Å²) in [6.45, 7) is 0. The number of carboxylic acid groups (broad SMARTS) is 1. The van der Waals surface area contributed by atoms with Crippen molar-refractivity contribution in [3.8, 4) is 0 Å². The van der Waals surface area contributed by atoms with Crippen LogP contribution in [0.4, 0.5) is 0 Å². The van der Waals surface area contributed by atoms with Crippen LogP contribution in [0.1, 0.15) is 10.4 Å². The Morgan fingerprint density at radius 3 is 2.86 bits per heavy atom. The maximum atomic E-state index is 11.6. The van der Waals surface area contributed by atoms with Gasteiger partial charge >= 0.3 is 0 Å². The fourth-order valence-corrected chi connectivity index (χ4v) is 2.54. The van der Waals surface area contributed by atoms with Crippen LogP contribution in [-0.4, -0.2) is 17.5 Å². The van der Waals surface area contributed by atoms with Gasteiger partial charge in [0.25, 0.3) is 0 Å². The molecule has 0 spiro atoms. The molecule has 0 bridgehead atoms. The normalized spacial score (nSPS) is 20.3. The highest BCUT2D eigenvalue weighted by Crippen LogP contribution is 2.32. The van der Waals surface area contributed by atoms with Crippen molar-refractivity contribution in [1.29, 1.82) is 0 Å². The minimum Gasteiger partial charge on any atom is -0.549 e. The van der Waals surface area contributed by atoms with Crippen LogP contribution in [0.2, 0.25) is 0 Å². The number of Topliss-reactive ketones (excluding diaryl/α,β-unsaturated/α-hetero) is 1. The number of hydrogen-bond donors (Lipinski definition) is 0. The van der Waals surface area contributed by atoms with Gasteiger partial charge in [0, 0.05) is 16.2 Å². The van der Waals surface area contributed by atoms with E-state index in [0.717, 1.165) is 4.90 Å². The molecule has 0 aliphatic carbocycles. The molecule has 0 N–H and O–H groups in total. The summed E-state index contributed by atoms with van der Waals surface area (Å²) in [6, 6.07) is 7.04. The van der Waals surface area contributed by atoms with E-state index in [1.54, 1.807) is 12.1 Å². The van der Waals surface area contributed by atoms with Gasteiger partial charge in [0.15, 0.2) is 5.78 Å². The number of carboxylic acids is 1. The SMILES string of the molecule is O=C([O-])C1CSc2ccccc2C1=O. The van der Waals surface area contributed by atoms with Crippen molar-refractivity contribution in [2.75, 3.05) is 5.75 Å². The monoisotopic (exact) mass is 207 g/mol. The number of thioether (sulfide) groups is 1. The molecule has 1 aliphatic heterocycles. The summed E-state index contributed by atoms with van der Waals surface area (Å²) in [6.07, 6.45) is 0. The van der Waals surface area contributed by atoms with Gasteiger partial charge in [0.2, 0.25) is 0 Å². The molecule has 0 fully saturated rings. The Bertz CT molecular complexity index is 400. The Morgan fingerprint density at radius 1 is 1.43 bits per heavy atom. The topological polar surface area (TPSA) is 57.2 Å². The second-order valence-electron chi connectivity index (χ2n) is 3.04. The van der Waals surface area contributed by atoms with E-state index in [9.17, 15) is 14.7 Å². The molecule has 1 aliphatic rings. The Labute approximate surface area is 85.1 Å². The third-order valence-electron chi connectivity index (χ3n) is 2.16. The van der Waals surface area contributed by atoms with E-state index in [-0.39, 0.29) is 11.5 Å². The molecule has 0 amide bonds. The number of aliphatic carboxylic acids is 1. The van der Waals surface area contributed by atoms with Gasteiger partial charge < -0.3 is 9.90 Å². The minimum atomic E-state index is -1.28. The lowest BCUT2D eigenvalue weighted by Crippen LogP contribution is -2.39. The number of fused-ring (bicyclic) bond motifs is 1. The molecule has 1 aromatic rings. The molecule has 0 saturated heterocycles. The third-order valence-corrected chi connectivity index (χ3v) is 3.33. The number of ketones is 1. The second-order valence-corrected chi connectivity index (χ2v) is 4.10. The van der Waals surface area contributed by atoms with E-state index in [0.29, 0.717) is 5.56 Å². The van der Waals surface area contributed by atoms with Crippen molar-refractivity contribution in [1.82, 2.24) is 0 Å². The Kier molecular flexibility index (Phi) is 2.29. The summed E-state index contributed by atoms with van der Waals surface area (Å²) in [7, 11) is 0. The van der Waals surface area contributed by atoms with Gasteiger partial charge in [-0.3, -0.25) is 4.79 Å². The van der Waals surface area contributed by atoms with E-state index < -0.39 is 11.9 Å². The Morgan fingerprint density at radius 2 is 2.14 bits per heavy atom. The van der Waals surface area contributed by atoms with E-state index in [2.05, 4.69) is 0 Å². The number of benzene rings is 1. The highest BCUT2D eigenvalue weighted by atomic mass is 32.2. The maximum absolute atomic E-state index is 11.6. The van der Waals surface area contributed by atoms with E-state index >= 15 is 0 Å². The molecule has 4 heteroatoms. The van der Waals surface area contributed by atoms with Crippen molar-refractivity contribution in [3.05, 3.63) is 29.8 Å². The molecule has 3 nitrogen and oxygen atoms in total. The van der Waals surface area contributed by atoms with E-state index in [4.69, 9.17) is 0 Å². The van der Waals surface area contributed by atoms with Crippen LogP contribution in [-0.2, 0) is 4.79 Å². The number of rotatable bonds is 1. The van der Waals surface area contributed by atoms with E-state index in [1.165, 1.54) is 11.8 Å². The summed E-state index contributed by atoms with van der Waals surface area (Å²) in [5.41, 5.74) is 0.498. The highest BCUT2D eigenvalue weighted by molar-refractivity contribution is 7.99. The average molecular weight is 207 g/mol. The first-order chi connectivity index (χ1) is 6.70. The van der Waals surface area contributed by atoms with E-state index in [1.807, 2.05) is 12.1 Å². The number of carbonyl (C=O) groups excluding carboxylic acids is 2. The van der Waals surface area contributed by atoms with Crippen molar-refractivity contribution in [2.45, 2.75) is 4.90 Å². The van der Waals surface area contributed by atoms with Crippen molar-refractivity contribution in [2.24, 2.45) is 5.92 Å². The lowest BCUT2D eigenvalue weighted by molar-refractivity contribution is -0.308. The van der Waals surface area contributed by atoms with Crippen LogP contribution in [0.25, 0.3) is 0 Å². The first-order valence-corrected chi connectivity index (χ1v) is 5.15. The lowest BCUT2D eigenvalue weighted by Gasteiger charge is -2.22. The van der Waals surface area contributed by atoms with Gasteiger partial charge in [0.1, 0.15) is 0 Å². The van der Waals surface area contributed by atoms with Crippen LogP contribution in [0.5, 0.6) is 0 Å². The zero-order chi connectivity index (χ0) is 10.1. The first kappa shape index (κ1) is 9.27. The fraction of sp³-hybridized carbons (Fsp3) is 0.200. The summed E-state index contributed by atoms with van der Waals surface area (Å²) >= 11 is 1.39. The molecule has 0 radical (unpaired) electrons. The zero-order valence-electron chi connectivity index (χ0n) is 7.23. The van der Waals surface area contributed by atoms with Crippen LogP contribution < -0.4 is 5.11 Å². The van der Waals surface area contributed by atoms with Crippen molar-refractivity contribution in [3.63, 3.8) is 0 Å². The number of hydrogen-bond acceptors (Lipinski definition) is 4. The summed E-state index contributed by atoms with van der Waals surface area (Å²) in [4.78, 5) is 23.1. The van der Waals surface area contributed by atoms with Crippen LogP contribution >= 0.6 is 11.8 Å². The number of carbonyl (C=O) groups is 2. The highest BCUT2D eigenvalue weighted by Gasteiger charge is 2.28. The molecular formula is C10H7O3S-. The fourth-order valence-electron chi connectivity index (χ4n) is 1.41. The largest absolute Gasteiger partial charge is 0.549 e. The van der Waals surface area contributed by atoms with Gasteiger partial charge in [0.05, 0.1) is 11.9 Å². The van der Waals surface area contributed by atoms with Crippen LogP contribution in [0.3, 0.4) is 0 Å². The molecule has 1 atom stereocenters. The zero-order valence-corrected chi connectivity index (χ0v) is 8.04. The van der Waals surface area contributed by atoms with Gasteiger partial charge in [-0.15, -0.1) is 11.8 Å². The minimum absolute atomic E-state index is 0.276. The smallest absolute Gasteiger partial charge is 0.173 e. The van der Waals surface area contributed by atoms with Gasteiger partial charge in [-0.05, 0) is 6.07 Å². The molecule has 1 aromatic carbocycles. The molecule has 14 heavy (non-hydrogen) atoms. The van der Waals surface area contributed by atoms with Crippen LogP contribution in [0.15, 0.2) is 29.2 Å². The van der Waals surface area contributed by atoms with Crippen LogP contribution in [0, 0.1) is 5.92 Å². The summed E-state index contributed by atoms with van der Waals surface area (Å²) in [5.74, 6) is -2.33. The van der Waals surface area contributed by atoms with Crippen molar-refractivity contribution < 1.29 is 14.7 Å². The summed E-state index contributed by atoms with van der Waals surface area (Å²) in [5, 5.41) is 10.6. The lowest BCUT2D eigenvalue weighted by atomic mass is 9.99. The maximum Gasteiger partial charge on any atom is 0.173 e. The molecule has 1 unspecified atom stereocenters. The second kappa shape index (κ2) is 3.46. The predicted molar refractivity (Wildman–Crippen MR) is 50.0 cm³/mol. The quantitative estimate of drug-likeness (QED) is 0.623. The molecule has 0 saturated carbocycles. The molecule has 2 rings (SSSR count).